The van der Waals surface area contributed by atoms with Crippen molar-refractivity contribution >= 4 is 14.7 Å². The van der Waals surface area contributed by atoms with Crippen LogP contribution in [0.2, 0.25) is 0 Å². The van der Waals surface area contributed by atoms with Gasteiger partial charge in [-0.05, 0) is 27.2 Å². The van der Waals surface area contributed by atoms with Gasteiger partial charge in [0.1, 0.15) is 7.14 Å². The number of hydrogen-bond donors (Lipinski definition) is 0. The number of aromatic nitrogens is 2. The molecule has 0 saturated carbocycles. The number of alkyl halides is 1. The van der Waals surface area contributed by atoms with E-state index < -0.39 is 26.4 Å². The highest BCUT2D eigenvalue weighted by Gasteiger charge is 2.60. The molecule has 0 aliphatic heterocycles. The molecule has 0 spiro atoms. The monoisotopic (exact) mass is 326 g/mol. The van der Waals surface area contributed by atoms with Crippen molar-refractivity contribution in [3.05, 3.63) is 18.7 Å². The summed E-state index contributed by atoms with van der Waals surface area (Å²) in [5.74, 6) is 0. The van der Waals surface area contributed by atoms with Crippen LogP contribution in [0.3, 0.4) is 0 Å². The van der Waals surface area contributed by atoms with E-state index in [4.69, 9.17) is 9.05 Å². The molecule has 0 bridgehead atoms. The molecule has 0 saturated heterocycles. The van der Waals surface area contributed by atoms with Crippen molar-refractivity contribution in [3.63, 3.8) is 0 Å². The quantitative estimate of drug-likeness (QED) is 0.685. The van der Waals surface area contributed by atoms with E-state index in [2.05, 4.69) is 4.98 Å². The maximum Gasteiger partial charge on any atom is 0.377 e. The van der Waals surface area contributed by atoms with E-state index in [-0.39, 0.29) is 13.2 Å². The van der Waals surface area contributed by atoms with Crippen molar-refractivity contribution in [2.24, 2.45) is 0 Å². The van der Waals surface area contributed by atoms with Crippen molar-refractivity contribution in [3.8, 4) is 0 Å². The summed E-state index contributed by atoms with van der Waals surface area (Å²) in [4.78, 5) is 3.80. The number of hydrogen-bond acceptors (Lipinski definition) is 5. The molecule has 0 radical (unpaired) electrons. The molecule has 1 aromatic rings. The molecular formula is C11H21FN2O4P2. The van der Waals surface area contributed by atoms with Gasteiger partial charge in [-0.3, -0.25) is 4.57 Å². The fourth-order valence-corrected chi connectivity index (χ4v) is 6.44. The van der Waals surface area contributed by atoms with Gasteiger partial charge in [-0.15, -0.1) is 0 Å². The number of rotatable bonds is 8. The van der Waals surface area contributed by atoms with Crippen LogP contribution in [0.25, 0.3) is 0 Å². The third-order valence-electron chi connectivity index (χ3n) is 2.79. The van der Waals surface area contributed by atoms with Crippen molar-refractivity contribution in [2.45, 2.75) is 25.5 Å². The fraction of sp³-hybridized carbons (Fsp3) is 0.727. The third-order valence-corrected chi connectivity index (χ3v) is 8.93. The van der Waals surface area contributed by atoms with E-state index in [0.29, 0.717) is 0 Å². The third kappa shape index (κ3) is 3.40. The van der Waals surface area contributed by atoms with Crippen LogP contribution in [0.5, 0.6) is 0 Å². The van der Waals surface area contributed by atoms with Crippen LogP contribution in [0.1, 0.15) is 13.8 Å². The van der Waals surface area contributed by atoms with E-state index in [0.717, 1.165) is 0 Å². The summed E-state index contributed by atoms with van der Waals surface area (Å²) in [6.45, 7) is 5.27. The normalized spacial score (nSPS) is 16.1. The topological polar surface area (TPSA) is 70.4 Å². The number of halogens is 1. The molecule has 1 rings (SSSR count). The van der Waals surface area contributed by atoms with E-state index in [1.165, 1.54) is 36.6 Å². The summed E-state index contributed by atoms with van der Waals surface area (Å²) in [5.41, 5.74) is 0. The molecule has 0 fully saturated rings. The highest BCUT2D eigenvalue weighted by molar-refractivity contribution is 7.78. The summed E-state index contributed by atoms with van der Waals surface area (Å²) in [6, 6.07) is 0. The summed E-state index contributed by atoms with van der Waals surface area (Å²) in [6.07, 6.45) is 4.33. The van der Waals surface area contributed by atoms with Crippen molar-refractivity contribution in [1.29, 1.82) is 0 Å². The largest absolute Gasteiger partial charge is 0.377 e. The van der Waals surface area contributed by atoms with E-state index in [1.54, 1.807) is 13.8 Å². The van der Waals surface area contributed by atoms with Gasteiger partial charge in [-0.25, -0.2) is 9.37 Å². The first kappa shape index (κ1) is 17.6. The molecule has 0 aromatic carbocycles. The molecule has 1 unspecified atom stereocenters. The minimum absolute atomic E-state index is 0.00682. The highest BCUT2D eigenvalue weighted by Crippen LogP contribution is 2.75. The fourth-order valence-electron chi connectivity index (χ4n) is 1.74. The zero-order valence-corrected chi connectivity index (χ0v) is 13.9. The van der Waals surface area contributed by atoms with Crippen LogP contribution >= 0.6 is 14.7 Å². The molecule has 0 N–H and O–H groups in total. The van der Waals surface area contributed by atoms with E-state index in [1.807, 2.05) is 0 Å². The van der Waals surface area contributed by atoms with Crippen LogP contribution in [0.15, 0.2) is 18.7 Å². The molecule has 1 aromatic heterocycles. The van der Waals surface area contributed by atoms with Gasteiger partial charge in [0.15, 0.2) is 0 Å². The van der Waals surface area contributed by atoms with Gasteiger partial charge in [0, 0.05) is 12.4 Å². The predicted octanol–water partition coefficient (Wildman–Crippen LogP) is 3.40. The number of imidazole rings is 1. The average Bonchev–Trinajstić information content (AvgIpc) is 2.80. The van der Waals surface area contributed by atoms with Gasteiger partial charge < -0.3 is 18.2 Å². The standard InChI is InChI=1S/C11H21FN2O4P2/c1-5-17-20(16,18-6-2)11(12,19(3,4)15)9-14-8-7-13-10-14/h7-8,10H,5-6,9H2,1-4H3. The SMILES string of the molecule is CCOP(=O)(OCC)C(F)(Cn1ccnc1)P(C)(C)=O. The Hall–Kier alpha value is -0.480. The minimum Gasteiger partial charge on any atom is -0.333 e. The molecule has 0 amide bonds. The molecule has 20 heavy (non-hydrogen) atoms. The van der Waals surface area contributed by atoms with Crippen LogP contribution in [0, 0.1) is 0 Å². The second-order valence-corrected chi connectivity index (χ2v) is 10.6. The van der Waals surface area contributed by atoms with Gasteiger partial charge in [-0.2, -0.15) is 0 Å². The Balaban J connectivity index is 3.29. The molecule has 116 valence electrons. The van der Waals surface area contributed by atoms with Gasteiger partial charge in [0.25, 0.3) is 5.15 Å². The van der Waals surface area contributed by atoms with Crippen molar-refractivity contribution < 1.29 is 22.6 Å². The predicted molar refractivity (Wildman–Crippen MR) is 76.4 cm³/mol. The van der Waals surface area contributed by atoms with Gasteiger partial charge in [-0.1, -0.05) is 0 Å². The average molecular weight is 326 g/mol. The van der Waals surface area contributed by atoms with Crippen molar-refractivity contribution in [2.75, 3.05) is 26.5 Å². The Labute approximate surface area is 118 Å². The molecule has 9 heteroatoms. The second kappa shape index (κ2) is 6.52. The molecular weight excluding hydrogens is 305 g/mol. The Morgan fingerprint density at radius 2 is 1.80 bits per heavy atom. The van der Waals surface area contributed by atoms with Gasteiger partial charge in [0.05, 0.1) is 26.1 Å². The Bertz CT molecular complexity index is 507. The summed E-state index contributed by atoms with van der Waals surface area (Å²) >= 11 is 0. The Kier molecular flexibility index (Phi) is 5.73. The lowest BCUT2D eigenvalue weighted by molar-refractivity contribution is 0.167. The zero-order chi connectivity index (χ0) is 15.4. The highest BCUT2D eigenvalue weighted by atomic mass is 31.2. The van der Waals surface area contributed by atoms with Crippen molar-refractivity contribution in [1.82, 2.24) is 9.55 Å². The summed E-state index contributed by atoms with van der Waals surface area (Å²) in [5, 5.41) is -2.59. The maximum atomic E-state index is 15.5. The van der Waals surface area contributed by atoms with E-state index >= 15 is 4.39 Å². The Morgan fingerprint density at radius 1 is 1.25 bits per heavy atom. The smallest absolute Gasteiger partial charge is 0.333 e. The first-order chi connectivity index (χ1) is 9.20. The van der Waals surface area contributed by atoms with E-state index in [9.17, 15) is 9.13 Å². The lowest BCUT2D eigenvalue weighted by Gasteiger charge is -2.35. The van der Waals surface area contributed by atoms with Gasteiger partial charge >= 0.3 is 7.60 Å². The summed E-state index contributed by atoms with van der Waals surface area (Å²) < 4.78 is 52.2. The molecule has 6 nitrogen and oxygen atoms in total. The first-order valence-corrected chi connectivity index (χ1v) is 10.4. The summed E-state index contributed by atoms with van der Waals surface area (Å²) in [7, 11) is -7.62. The van der Waals surface area contributed by atoms with Crippen LogP contribution in [-0.4, -0.2) is 41.2 Å². The van der Waals surface area contributed by atoms with Crippen LogP contribution < -0.4 is 0 Å². The molecule has 1 atom stereocenters. The molecule has 1 heterocycles. The molecule has 0 aliphatic carbocycles. The maximum absolute atomic E-state index is 15.5. The molecule has 0 aliphatic rings. The van der Waals surface area contributed by atoms with Gasteiger partial charge in [0.2, 0.25) is 0 Å². The zero-order valence-electron chi connectivity index (χ0n) is 12.2. The second-order valence-electron chi connectivity index (χ2n) is 4.64. The first-order valence-electron chi connectivity index (χ1n) is 6.29. The number of nitrogens with zero attached hydrogens (tertiary/aromatic N) is 2. The van der Waals surface area contributed by atoms with Crippen LogP contribution in [-0.2, 0) is 24.7 Å². The minimum atomic E-state index is -4.18. The lowest BCUT2D eigenvalue weighted by Crippen LogP contribution is -2.30. The Morgan fingerprint density at radius 3 is 2.15 bits per heavy atom. The lowest BCUT2D eigenvalue weighted by atomic mass is 10.7. The van der Waals surface area contributed by atoms with Crippen LogP contribution in [0.4, 0.5) is 4.39 Å².